The molecule has 2 aliphatic heterocycles. The van der Waals surface area contributed by atoms with Crippen molar-refractivity contribution in [3.05, 3.63) is 64.8 Å². The zero-order valence-corrected chi connectivity index (χ0v) is 27.5. The van der Waals surface area contributed by atoms with E-state index in [1.807, 2.05) is 38.1 Å². The Morgan fingerprint density at radius 3 is 2.56 bits per heavy atom. The van der Waals surface area contributed by atoms with E-state index in [4.69, 9.17) is 21.1 Å². The standard InChI is InChI=1S/C33H42ClN5O3S/c1-19(2)42-30-15-26(24-13-22(6)38(23(7)14-24)25-17-41-18-25)21(5)12-28(30)36-33-35-16-27(34)32(37-33)39(40)29-10-8-9-11-31(29)43-20(3)4/h8-13,15-16,19-20,22-23,25,40H,14,17-18H2,1-7H3,(H,35,36,37). The van der Waals surface area contributed by atoms with E-state index >= 15 is 0 Å². The van der Waals surface area contributed by atoms with Crippen LogP contribution in [0.2, 0.25) is 5.02 Å². The number of para-hydroxylation sites is 1. The highest BCUT2D eigenvalue weighted by Crippen LogP contribution is 2.40. The van der Waals surface area contributed by atoms with Crippen LogP contribution in [0.5, 0.6) is 5.75 Å². The fourth-order valence-corrected chi connectivity index (χ4v) is 6.94. The highest BCUT2D eigenvalue weighted by molar-refractivity contribution is 8.00. The van der Waals surface area contributed by atoms with Crippen LogP contribution in [-0.2, 0) is 4.74 Å². The topological polar surface area (TPSA) is 83.0 Å². The maximum atomic E-state index is 11.2. The van der Waals surface area contributed by atoms with E-state index < -0.39 is 0 Å². The summed E-state index contributed by atoms with van der Waals surface area (Å²) in [5, 5.41) is 16.2. The van der Waals surface area contributed by atoms with E-state index in [0.29, 0.717) is 40.8 Å². The van der Waals surface area contributed by atoms with Gasteiger partial charge in [-0.25, -0.2) is 10.0 Å². The monoisotopic (exact) mass is 623 g/mol. The Morgan fingerprint density at radius 1 is 1.16 bits per heavy atom. The number of ether oxygens (including phenoxy) is 2. The first kappa shape index (κ1) is 31.6. The Labute approximate surface area is 264 Å². The average molecular weight is 624 g/mol. The lowest BCUT2D eigenvalue weighted by Gasteiger charge is -2.46. The molecule has 2 N–H and O–H groups in total. The minimum Gasteiger partial charge on any atom is -0.489 e. The summed E-state index contributed by atoms with van der Waals surface area (Å²) in [6, 6.07) is 13.1. The normalized spacial score (nSPS) is 19.4. The van der Waals surface area contributed by atoms with Gasteiger partial charge in [-0.1, -0.05) is 43.7 Å². The van der Waals surface area contributed by atoms with Crippen LogP contribution in [0.1, 0.15) is 59.1 Å². The van der Waals surface area contributed by atoms with Crippen molar-refractivity contribution in [1.82, 2.24) is 14.9 Å². The van der Waals surface area contributed by atoms with E-state index in [1.165, 1.54) is 17.3 Å². The molecule has 2 aliphatic rings. The predicted molar refractivity (Wildman–Crippen MR) is 177 cm³/mol. The number of halogens is 1. The summed E-state index contributed by atoms with van der Waals surface area (Å²) >= 11 is 8.15. The second kappa shape index (κ2) is 13.4. The van der Waals surface area contributed by atoms with Gasteiger partial charge in [0.1, 0.15) is 10.8 Å². The first-order valence-corrected chi connectivity index (χ1v) is 16.2. The number of hydrogen-bond donors (Lipinski definition) is 2. The maximum absolute atomic E-state index is 11.2. The second-order valence-electron chi connectivity index (χ2n) is 11.9. The summed E-state index contributed by atoms with van der Waals surface area (Å²) in [4.78, 5) is 12.5. The zero-order valence-electron chi connectivity index (χ0n) is 26.0. The molecule has 3 heterocycles. The molecule has 5 rings (SSSR count). The molecule has 8 nitrogen and oxygen atoms in total. The molecule has 10 heteroatoms. The molecule has 2 aromatic carbocycles. The number of nitrogens with one attached hydrogen (secondary N) is 1. The quantitative estimate of drug-likeness (QED) is 0.171. The Hall–Kier alpha value is -2.82. The van der Waals surface area contributed by atoms with Crippen molar-refractivity contribution in [3.8, 4) is 5.75 Å². The molecule has 1 fully saturated rings. The van der Waals surface area contributed by atoms with Crippen molar-refractivity contribution in [2.24, 2.45) is 0 Å². The van der Waals surface area contributed by atoms with Crippen LogP contribution in [0.15, 0.2) is 53.6 Å². The number of aryl methyl sites for hydroxylation is 1. The summed E-state index contributed by atoms with van der Waals surface area (Å²) in [7, 11) is 0. The van der Waals surface area contributed by atoms with Crippen LogP contribution in [0.4, 0.5) is 23.1 Å². The summed E-state index contributed by atoms with van der Waals surface area (Å²) in [5.74, 6) is 1.20. The van der Waals surface area contributed by atoms with Crippen LogP contribution < -0.4 is 15.1 Å². The number of thioether (sulfide) groups is 1. The molecule has 0 radical (unpaired) electrons. The van der Waals surface area contributed by atoms with Crippen molar-refractivity contribution in [2.75, 3.05) is 23.6 Å². The molecular formula is C33H42ClN5O3S. The average Bonchev–Trinajstić information content (AvgIpc) is 2.91. The van der Waals surface area contributed by atoms with Gasteiger partial charge in [0, 0.05) is 22.2 Å². The summed E-state index contributed by atoms with van der Waals surface area (Å²) in [6.45, 7) is 16.6. The minimum atomic E-state index is -0.0343. The highest BCUT2D eigenvalue weighted by Gasteiger charge is 2.35. The third-order valence-electron chi connectivity index (χ3n) is 7.64. The van der Waals surface area contributed by atoms with Gasteiger partial charge in [0.15, 0.2) is 5.82 Å². The number of aromatic nitrogens is 2. The highest BCUT2D eigenvalue weighted by atomic mass is 35.5. The summed E-state index contributed by atoms with van der Waals surface area (Å²) in [5.41, 5.74) is 4.98. The number of rotatable bonds is 10. The van der Waals surface area contributed by atoms with Crippen LogP contribution in [-0.4, -0.2) is 62.8 Å². The first-order chi connectivity index (χ1) is 20.5. The summed E-state index contributed by atoms with van der Waals surface area (Å²) in [6.07, 6.45) is 4.80. The number of hydrogen-bond acceptors (Lipinski definition) is 9. The molecule has 230 valence electrons. The van der Waals surface area contributed by atoms with Crippen molar-refractivity contribution in [1.29, 1.82) is 0 Å². The fourth-order valence-electron chi connectivity index (χ4n) is 5.83. The van der Waals surface area contributed by atoms with Crippen LogP contribution in [0.25, 0.3) is 5.57 Å². The van der Waals surface area contributed by atoms with Gasteiger partial charge in [0.2, 0.25) is 5.95 Å². The molecule has 0 spiro atoms. The van der Waals surface area contributed by atoms with Gasteiger partial charge in [-0.15, -0.1) is 11.8 Å². The third-order valence-corrected chi connectivity index (χ3v) is 8.98. The van der Waals surface area contributed by atoms with Gasteiger partial charge in [0.05, 0.1) is 42.9 Å². The van der Waals surface area contributed by atoms with Gasteiger partial charge in [0.25, 0.3) is 0 Å². The molecule has 0 saturated carbocycles. The largest absolute Gasteiger partial charge is 0.489 e. The number of nitrogens with zero attached hydrogens (tertiary/aromatic N) is 4. The van der Waals surface area contributed by atoms with Crippen LogP contribution >= 0.6 is 23.4 Å². The number of anilines is 4. The first-order valence-electron chi connectivity index (χ1n) is 14.9. The Morgan fingerprint density at radius 2 is 1.91 bits per heavy atom. The lowest BCUT2D eigenvalue weighted by atomic mass is 9.88. The van der Waals surface area contributed by atoms with Crippen molar-refractivity contribution in [3.63, 3.8) is 0 Å². The lowest BCUT2D eigenvalue weighted by Crippen LogP contribution is -2.56. The van der Waals surface area contributed by atoms with Gasteiger partial charge in [-0.2, -0.15) is 4.98 Å². The van der Waals surface area contributed by atoms with E-state index in [-0.39, 0.29) is 16.9 Å². The SMILES string of the molecule is Cc1cc(Nc2ncc(Cl)c(N(O)c3ccccc3SC(C)C)n2)c(OC(C)C)cc1C1=CC(C)N(C2COC2)C(C)C1. The van der Waals surface area contributed by atoms with Crippen molar-refractivity contribution >= 4 is 52.1 Å². The molecular weight excluding hydrogens is 582 g/mol. The molecule has 2 atom stereocenters. The van der Waals surface area contributed by atoms with Gasteiger partial charge < -0.3 is 14.8 Å². The fraction of sp³-hybridized carbons (Fsp3) is 0.455. The molecule has 1 saturated heterocycles. The molecule has 0 bridgehead atoms. The third kappa shape index (κ3) is 7.13. The van der Waals surface area contributed by atoms with Crippen molar-refractivity contribution < 1.29 is 14.7 Å². The van der Waals surface area contributed by atoms with Gasteiger partial charge in [-0.3, -0.25) is 10.1 Å². The molecule has 43 heavy (non-hydrogen) atoms. The molecule has 2 unspecified atom stereocenters. The Kier molecular flexibility index (Phi) is 9.88. The molecule has 0 aliphatic carbocycles. The predicted octanol–water partition coefficient (Wildman–Crippen LogP) is 8.26. The Balaban J connectivity index is 1.45. The summed E-state index contributed by atoms with van der Waals surface area (Å²) < 4.78 is 11.8. The second-order valence-corrected chi connectivity index (χ2v) is 13.9. The lowest BCUT2D eigenvalue weighted by molar-refractivity contribution is -0.0857. The van der Waals surface area contributed by atoms with E-state index in [1.54, 1.807) is 11.8 Å². The Bertz CT molecular complexity index is 1480. The molecule has 3 aromatic rings. The zero-order chi connectivity index (χ0) is 30.8. The molecule has 0 amide bonds. The van der Waals surface area contributed by atoms with E-state index in [2.05, 4.69) is 73.0 Å². The van der Waals surface area contributed by atoms with Crippen LogP contribution in [0.3, 0.4) is 0 Å². The smallest absolute Gasteiger partial charge is 0.229 e. The van der Waals surface area contributed by atoms with E-state index in [9.17, 15) is 5.21 Å². The molecule has 1 aromatic heterocycles. The maximum Gasteiger partial charge on any atom is 0.229 e. The van der Waals surface area contributed by atoms with Crippen LogP contribution in [0, 0.1) is 6.92 Å². The minimum absolute atomic E-state index is 0.0343. The van der Waals surface area contributed by atoms with Gasteiger partial charge >= 0.3 is 0 Å². The van der Waals surface area contributed by atoms with E-state index in [0.717, 1.165) is 40.8 Å². The van der Waals surface area contributed by atoms with Crippen molar-refractivity contribution in [2.45, 2.75) is 89.3 Å². The number of benzene rings is 2. The van der Waals surface area contributed by atoms with Gasteiger partial charge in [-0.05, 0) is 82.0 Å².